The molecular weight excluding hydrogens is 717 g/mol. The lowest BCUT2D eigenvalue weighted by atomic mass is 9.99. The van der Waals surface area contributed by atoms with E-state index < -0.39 is 0 Å². The van der Waals surface area contributed by atoms with Crippen molar-refractivity contribution in [3.05, 3.63) is 218 Å². The summed E-state index contributed by atoms with van der Waals surface area (Å²) in [6.45, 7) is 0. The summed E-state index contributed by atoms with van der Waals surface area (Å²) in [6, 6.07) is 78.6. The molecule has 0 unspecified atom stereocenters. The summed E-state index contributed by atoms with van der Waals surface area (Å²) < 4.78 is 11.2. The molecule has 3 heteroatoms. The van der Waals surface area contributed by atoms with E-state index in [1.54, 1.807) is 0 Å². The Bertz CT molecular complexity index is 3400. The molecule has 0 saturated carbocycles. The molecule has 12 aromatic rings. The van der Waals surface area contributed by atoms with E-state index in [1.165, 1.54) is 71.7 Å². The predicted molar refractivity (Wildman–Crippen MR) is 247 cm³/mol. The largest absolute Gasteiger partial charge is 0.439 e. The number of nitrogens with zero attached hydrogens (tertiary/aromatic N) is 2. The van der Waals surface area contributed by atoms with Gasteiger partial charge in [0.2, 0.25) is 5.71 Å². The van der Waals surface area contributed by atoms with Gasteiger partial charge in [-0.2, -0.15) is 0 Å². The lowest BCUT2D eigenvalue weighted by molar-refractivity contribution is 0.645. The molecule has 0 bridgehead atoms. The molecule has 0 amide bonds. The van der Waals surface area contributed by atoms with Gasteiger partial charge < -0.3 is 8.98 Å². The fourth-order valence-electron chi connectivity index (χ4n) is 9.08. The van der Waals surface area contributed by atoms with E-state index >= 15 is 0 Å². The zero-order valence-electron chi connectivity index (χ0n) is 32.1. The summed E-state index contributed by atoms with van der Waals surface area (Å²) in [7, 11) is 0. The second kappa shape index (κ2) is 13.4. The third-order valence-electron chi connectivity index (χ3n) is 12.0. The number of benzene rings is 9. The first-order valence-electron chi connectivity index (χ1n) is 20.2. The van der Waals surface area contributed by atoms with Crippen LogP contribution in [0, 0.1) is 0 Å². The quantitative estimate of drug-likeness (QED) is 0.166. The number of fused-ring (bicyclic) bond motifs is 8. The van der Waals surface area contributed by atoms with Crippen molar-refractivity contribution in [3.63, 3.8) is 0 Å². The van der Waals surface area contributed by atoms with Gasteiger partial charge in [-0.15, -0.1) is 0 Å². The average molecular weight is 753 g/mol. The maximum absolute atomic E-state index is 6.51. The Morgan fingerprint density at radius 3 is 1.22 bits per heavy atom. The number of furan rings is 1. The third kappa shape index (κ3) is 5.44. The molecule has 276 valence electrons. The summed E-state index contributed by atoms with van der Waals surface area (Å²) in [4.78, 5) is 0. The summed E-state index contributed by atoms with van der Waals surface area (Å²) in [6.07, 6.45) is 0. The molecule has 3 heterocycles. The Kier molecular flexibility index (Phi) is 7.54. The van der Waals surface area contributed by atoms with Crippen LogP contribution in [0.4, 0.5) is 0 Å². The first-order chi connectivity index (χ1) is 29.2. The average Bonchev–Trinajstić information content (AvgIpc) is 3.96. The standard InChI is InChI=1S/C56H36N2O/c1-4-12-37(13-5-1)42-26-31-51-48(34-42)49-35-43(38-14-6-2-7-15-38)27-32-52(49)57(51)46-29-24-40(25-30-46)39-20-22-41(23-21-39)44-28-33-53-50(36-44)55-47-18-10-11-19-54(47)59-56(55)58(53)45-16-8-3-9-17-45/h1-36H. The minimum atomic E-state index is 0.873. The predicted octanol–water partition coefficient (Wildman–Crippen LogP) is 15.3. The summed E-state index contributed by atoms with van der Waals surface area (Å²) in [5.41, 5.74) is 17.1. The Labute approximate surface area is 341 Å². The Balaban J connectivity index is 0.913. The van der Waals surface area contributed by atoms with Crippen LogP contribution in [-0.4, -0.2) is 9.13 Å². The van der Waals surface area contributed by atoms with Crippen LogP contribution in [-0.2, 0) is 0 Å². The topological polar surface area (TPSA) is 23.0 Å². The van der Waals surface area contributed by atoms with Gasteiger partial charge in [-0.3, -0.25) is 4.57 Å². The van der Waals surface area contributed by atoms with Crippen molar-refractivity contribution in [2.75, 3.05) is 0 Å². The highest BCUT2D eigenvalue weighted by Gasteiger charge is 2.20. The molecule has 0 aliphatic heterocycles. The van der Waals surface area contributed by atoms with Crippen LogP contribution in [0.1, 0.15) is 0 Å². The molecule has 0 N–H and O–H groups in total. The van der Waals surface area contributed by atoms with Gasteiger partial charge in [0.05, 0.1) is 21.9 Å². The lowest BCUT2D eigenvalue weighted by Crippen LogP contribution is -1.94. The van der Waals surface area contributed by atoms with E-state index in [4.69, 9.17) is 4.42 Å². The Hall–Kier alpha value is -7.88. The van der Waals surface area contributed by atoms with E-state index in [2.05, 4.69) is 221 Å². The van der Waals surface area contributed by atoms with Crippen molar-refractivity contribution in [3.8, 4) is 55.9 Å². The van der Waals surface area contributed by atoms with E-state index in [9.17, 15) is 0 Å². The number of hydrogen-bond acceptors (Lipinski definition) is 1. The first-order valence-corrected chi connectivity index (χ1v) is 20.2. The number of hydrogen-bond donors (Lipinski definition) is 0. The minimum absolute atomic E-state index is 0.873. The molecule has 3 aromatic heterocycles. The van der Waals surface area contributed by atoms with Crippen molar-refractivity contribution < 1.29 is 4.42 Å². The van der Waals surface area contributed by atoms with Crippen molar-refractivity contribution >= 4 is 54.8 Å². The summed E-state index contributed by atoms with van der Waals surface area (Å²) in [5, 5.41) is 5.96. The zero-order valence-corrected chi connectivity index (χ0v) is 32.1. The van der Waals surface area contributed by atoms with Gasteiger partial charge in [-0.25, -0.2) is 0 Å². The van der Waals surface area contributed by atoms with Crippen LogP contribution < -0.4 is 0 Å². The number of aromatic nitrogens is 2. The Morgan fingerprint density at radius 2 is 0.661 bits per heavy atom. The second-order valence-electron chi connectivity index (χ2n) is 15.3. The summed E-state index contributed by atoms with van der Waals surface area (Å²) in [5.74, 6) is 0. The van der Waals surface area contributed by atoms with E-state index in [0.29, 0.717) is 0 Å². The maximum atomic E-state index is 6.51. The molecule has 0 aliphatic carbocycles. The molecule has 12 rings (SSSR count). The van der Waals surface area contributed by atoms with Gasteiger partial charge in [0.25, 0.3) is 0 Å². The van der Waals surface area contributed by atoms with Gasteiger partial charge in [0, 0.05) is 32.9 Å². The van der Waals surface area contributed by atoms with Crippen LogP contribution in [0.25, 0.3) is 111 Å². The van der Waals surface area contributed by atoms with Crippen LogP contribution in [0.15, 0.2) is 223 Å². The normalized spacial score (nSPS) is 11.7. The smallest absolute Gasteiger partial charge is 0.213 e. The molecule has 0 saturated heterocycles. The highest BCUT2D eigenvalue weighted by molar-refractivity contribution is 6.20. The third-order valence-corrected chi connectivity index (χ3v) is 12.0. The van der Waals surface area contributed by atoms with E-state index in [0.717, 1.165) is 39.0 Å². The molecule has 3 nitrogen and oxygen atoms in total. The molecule has 59 heavy (non-hydrogen) atoms. The van der Waals surface area contributed by atoms with Crippen LogP contribution in [0.3, 0.4) is 0 Å². The van der Waals surface area contributed by atoms with E-state index in [1.807, 2.05) is 6.07 Å². The van der Waals surface area contributed by atoms with Gasteiger partial charge in [0.15, 0.2) is 0 Å². The molecule has 0 atom stereocenters. The van der Waals surface area contributed by atoms with Gasteiger partial charge in [-0.1, -0.05) is 152 Å². The number of rotatable bonds is 6. The van der Waals surface area contributed by atoms with E-state index in [-0.39, 0.29) is 0 Å². The van der Waals surface area contributed by atoms with Gasteiger partial charge >= 0.3 is 0 Å². The maximum Gasteiger partial charge on any atom is 0.213 e. The summed E-state index contributed by atoms with van der Waals surface area (Å²) >= 11 is 0. The monoisotopic (exact) mass is 752 g/mol. The van der Waals surface area contributed by atoms with Crippen LogP contribution in [0.5, 0.6) is 0 Å². The SMILES string of the molecule is c1ccc(-c2ccc3c(c2)c2cc(-c4ccccc4)ccc2n3-c2ccc(-c3ccc(-c4ccc5c(c4)c4c6ccccc6oc4n5-c4ccccc4)cc3)cc2)cc1. The lowest BCUT2D eigenvalue weighted by Gasteiger charge is -2.11. The van der Waals surface area contributed by atoms with Crippen LogP contribution in [0.2, 0.25) is 0 Å². The van der Waals surface area contributed by atoms with Crippen molar-refractivity contribution in [2.45, 2.75) is 0 Å². The first kappa shape index (κ1) is 33.3. The molecule has 0 fully saturated rings. The molecule has 0 radical (unpaired) electrons. The highest BCUT2D eigenvalue weighted by Crippen LogP contribution is 2.41. The molecule has 9 aromatic carbocycles. The van der Waals surface area contributed by atoms with Crippen LogP contribution >= 0.6 is 0 Å². The number of para-hydroxylation sites is 2. The molecule has 0 spiro atoms. The fourth-order valence-corrected chi connectivity index (χ4v) is 9.08. The van der Waals surface area contributed by atoms with Crippen molar-refractivity contribution in [1.29, 1.82) is 0 Å². The van der Waals surface area contributed by atoms with Gasteiger partial charge in [-0.05, 0) is 111 Å². The second-order valence-corrected chi connectivity index (χ2v) is 15.3. The van der Waals surface area contributed by atoms with Gasteiger partial charge in [0.1, 0.15) is 5.58 Å². The Morgan fingerprint density at radius 1 is 0.271 bits per heavy atom. The molecule has 0 aliphatic rings. The molecular formula is C56H36N2O. The van der Waals surface area contributed by atoms with Crippen molar-refractivity contribution in [1.82, 2.24) is 9.13 Å². The fraction of sp³-hybridized carbons (Fsp3) is 0. The highest BCUT2D eigenvalue weighted by atomic mass is 16.3. The minimum Gasteiger partial charge on any atom is -0.439 e. The van der Waals surface area contributed by atoms with Crippen molar-refractivity contribution in [2.24, 2.45) is 0 Å². The zero-order chi connectivity index (χ0) is 38.9.